The lowest BCUT2D eigenvalue weighted by molar-refractivity contribution is 0.0943. The number of hydrogen-bond acceptors (Lipinski definition) is 6. The second-order valence-electron chi connectivity index (χ2n) is 4.52. The molecule has 0 aliphatic carbocycles. The van der Waals surface area contributed by atoms with Gasteiger partial charge in [-0.2, -0.15) is 5.10 Å². The fraction of sp³-hybridized carbons (Fsp3) is 0.143. The Morgan fingerprint density at radius 2 is 2.27 bits per heavy atom. The first-order chi connectivity index (χ1) is 10.6. The van der Waals surface area contributed by atoms with Crippen molar-refractivity contribution in [2.75, 3.05) is 0 Å². The molecular formula is C14H12N4O3S. The van der Waals surface area contributed by atoms with Gasteiger partial charge in [0.1, 0.15) is 11.4 Å². The van der Waals surface area contributed by atoms with E-state index in [1.807, 2.05) is 17.5 Å². The maximum atomic E-state index is 12.0. The van der Waals surface area contributed by atoms with E-state index < -0.39 is 0 Å². The van der Waals surface area contributed by atoms with Crippen LogP contribution in [0.5, 0.6) is 0 Å². The number of rotatable bonds is 4. The minimum atomic E-state index is -0.378. The van der Waals surface area contributed by atoms with Gasteiger partial charge in [0.2, 0.25) is 0 Å². The molecule has 0 atom stereocenters. The molecule has 112 valence electrons. The zero-order valence-corrected chi connectivity index (χ0v) is 12.5. The highest BCUT2D eigenvalue weighted by Gasteiger charge is 2.11. The Hall–Kier alpha value is -2.74. The van der Waals surface area contributed by atoms with Crippen molar-refractivity contribution < 1.29 is 9.32 Å². The van der Waals surface area contributed by atoms with E-state index in [4.69, 9.17) is 4.52 Å². The normalized spacial score (nSPS) is 10.6. The Labute approximate surface area is 129 Å². The molecule has 3 aromatic rings. The first-order valence-electron chi connectivity index (χ1n) is 6.45. The van der Waals surface area contributed by atoms with Gasteiger partial charge in [-0.05, 0) is 17.5 Å². The zero-order valence-electron chi connectivity index (χ0n) is 11.6. The van der Waals surface area contributed by atoms with Crippen molar-refractivity contribution in [2.45, 2.75) is 6.54 Å². The lowest BCUT2D eigenvalue weighted by atomic mass is 10.3. The molecule has 0 aromatic carbocycles. The molecule has 0 spiro atoms. The summed E-state index contributed by atoms with van der Waals surface area (Å²) in [7, 11) is 1.49. The van der Waals surface area contributed by atoms with Crippen molar-refractivity contribution >= 4 is 17.2 Å². The van der Waals surface area contributed by atoms with E-state index in [9.17, 15) is 9.59 Å². The quantitative estimate of drug-likeness (QED) is 0.786. The third-order valence-corrected chi connectivity index (χ3v) is 3.83. The Balaban J connectivity index is 1.66. The van der Waals surface area contributed by atoms with E-state index in [1.165, 1.54) is 19.2 Å². The number of nitrogens with zero attached hydrogens (tertiary/aromatic N) is 3. The Morgan fingerprint density at radius 1 is 1.41 bits per heavy atom. The number of carbonyl (C=O) groups excluding carboxylic acids is 1. The number of thiophene rings is 1. The van der Waals surface area contributed by atoms with Crippen LogP contribution in [0, 0.1) is 0 Å². The summed E-state index contributed by atoms with van der Waals surface area (Å²) in [4.78, 5) is 24.2. The molecule has 0 saturated carbocycles. The van der Waals surface area contributed by atoms with Crippen molar-refractivity contribution in [3.8, 4) is 10.6 Å². The largest absolute Gasteiger partial charge is 0.355 e. The molecule has 0 saturated heterocycles. The van der Waals surface area contributed by atoms with Crippen LogP contribution in [0.25, 0.3) is 10.6 Å². The summed E-state index contributed by atoms with van der Waals surface area (Å²) in [5, 5.41) is 12.4. The number of hydrogen-bond donors (Lipinski definition) is 1. The molecule has 3 heterocycles. The van der Waals surface area contributed by atoms with Crippen molar-refractivity contribution in [3.05, 3.63) is 57.5 Å². The van der Waals surface area contributed by atoms with Crippen molar-refractivity contribution in [1.82, 2.24) is 20.3 Å². The molecule has 0 radical (unpaired) electrons. The van der Waals surface area contributed by atoms with Gasteiger partial charge in [0, 0.05) is 19.2 Å². The summed E-state index contributed by atoms with van der Waals surface area (Å²) in [5.41, 5.74) is 0.513. The average Bonchev–Trinajstić information content (AvgIpc) is 3.18. The number of amides is 1. The third-order valence-electron chi connectivity index (χ3n) is 2.95. The molecule has 0 fully saturated rings. The van der Waals surface area contributed by atoms with Gasteiger partial charge in [0.05, 0.1) is 11.4 Å². The van der Waals surface area contributed by atoms with Crippen LogP contribution in [0.3, 0.4) is 0 Å². The molecule has 0 unspecified atom stereocenters. The SMILES string of the molecule is Cn1nc(C(=O)NCc2cc(-c3cccs3)on2)ccc1=O. The topological polar surface area (TPSA) is 90.0 Å². The summed E-state index contributed by atoms with van der Waals surface area (Å²) < 4.78 is 6.34. The lowest BCUT2D eigenvalue weighted by Gasteiger charge is -2.03. The molecule has 7 nitrogen and oxygen atoms in total. The minimum Gasteiger partial charge on any atom is -0.355 e. The Bertz CT molecular complexity index is 851. The maximum Gasteiger partial charge on any atom is 0.272 e. The molecular weight excluding hydrogens is 304 g/mol. The van der Waals surface area contributed by atoms with Gasteiger partial charge in [0.25, 0.3) is 11.5 Å². The van der Waals surface area contributed by atoms with E-state index in [-0.39, 0.29) is 23.7 Å². The predicted octanol–water partition coefficient (Wildman–Crippen LogP) is 1.43. The summed E-state index contributed by atoms with van der Waals surface area (Å²) in [6.07, 6.45) is 0. The smallest absolute Gasteiger partial charge is 0.272 e. The van der Waals surface area contributed by atoms with Crippen LogP contribution >= 0.6 is 11.3 Å². The molecule has 1 amide bonds. The second-order valence-corrected chi connectivity index (χ2v) is 5.47. The van der Waals surface area contributed by atoms with Crippen LogP contribution in [0.2, 0.25) is 0 Å². The highest BCUT2D eigenvalue weighted by molar-refractivity contribution is 7.13. The molecule has 8 heteroatoms. The number of nitrogens with one attached hydrogen (secondary N) is 1. The van der Waals surface area contributed by atoms with Crippen molar-refractivity contribution in [1.29, 1.82) is 0 Å². The highest BCUT2D eigenvalue weighted by Crippen LogP contribution is 2.24. The minimum absolute atomic E-state index is 0.170. The van der Waals surface area contributed by atoms with E-state index in [1.54, 1.807) is 17.4 Å². The Morgan fingerprint density at radius 3 is 3.00 bits per heavy atom. The van der Waals surface area contributed by atoms with Crippen LogP contribution in [-0.4, -0.2) is 20.8 Å². The van der Waals surface area contributed by atoms with Gasteiger partial charge in [0.15, 0.2) is 5.76 Å². The lowest BCUT2D eigenvalue weighted by Crippen LogP contribution is -2.28. The van der Waals surface area contributed by atoms with Crippen molar-refractivity contribution in [3.63, 3.8) is 0 Å². The number of aryl methyl sites for hydroxylation is 1. The van der Waals surface area contributed by atoms with E-state index >= 15 is 0 Å². The molecule has 3 aromatic heterocycles. The highest BCUT2D eigenvalue weighted by atomic mass is 32.1. The third kappa shape index (κ3) is 2.96. The predicted molar refractivity (Wildman–Crippen MR) is 80.5 cm³/mol. The summed E-state index contributed by atoms with van der Waals surface area (Å²) in [6, 6.07) is 8.32. The maximum absolute atomic E-state index is 12.0. The summed E-state index contributed by atoms with van der Waals surface area (Å²) >= 11 is 1.55. The molecule has 3 rings (SSSR count). The zero-order chi connectivity index (χ0) is 15.5. The van der Waals surface area contributed by atoms with Gasteiger partial charge in [-0.1, -0.05) is 11.2 Å². The standard InChI is InChI=1S/C14H12N4O3S/c1-18-13(19)5-4-10(16-18)14(20)15-8-9-7-11(21-17-9)12-3-2-6-22-12/h2-7H,8H2,1H3,(H,15,20). The van der Waals surface area contributed by atoms with Gasteiger partial charge < -0.3 is 9.84 Å². The van der Waals surface area contributed by atoms with Gasteiger partial charge in [-0.25, -0.2) is 4.68 Å². The molecule has 1 N–H and O–H groups in total. The summed E-state index contributed by atoms with van der Waals surface area (Å²) in [6.45, 7) is 0.220. The first-order valence-corrected chi connectivity index (χ1v) is 7.33. The fourth-order valence-corrected chi connectivity index (χ4v) is 2.49. The van der Waals surface area contributed by atoms with Gasteiger partial charge in [-0.15, -0.1) is 11.3 Å². The molecule has 0 aliphatic rings. The second kappa shape index (κ2) is 5.94. The van der Waals surface area contributed by atoms with Crippen molar-refractivity contribution in [2.24, 2.45) is 7.05 Å². The van der Waals surface area contributed by atoms with Crippen LogP contribution in [-0.2, 0) is 13.6 Å². The van der Waals surface area contributed by atoms with E-state index in [2.05, 4.69) is 15.6 Å². The van der Waals surface area contributed by atoms with Crippen LogP contribution in [0.4, 0.5) is 0 Å². The van der Waals surface area contributed by atoms with E-state index in [0.29, 0.717) is 11.5 Å². The molecule has 0 bridgehead atoms. The van der Waals surface area contributed by atoms with Gasteiger partial charge >= 0.3 is 0 Å². The number of carbonyl (C=O) groups is 1. The summed E-state index contributed by atoms with van der Waals surface area (Å²) in [5.74, 6) is 0.288. The van der Waals surface area contributed by atoms with Crippen LogP contribution in [0.15, 0.2) is 45.0 Å². The number of aromatic nitrogens is 3. The molecule has 22 heavy (non-hydrogen) atoms. The van der Waals surface area contributed by atoms with Gasteiger partial charge in [-0.3, -0.25) is 9.59 Å². The van der Waals surface area contributed by atoms with Crippen LogP contribution in [0.1, 0.15) is 16.2 Å². The Kier molecular flexibility index (Phi) is 3.84. The average molecular weight is 316 g/mol. The monoisotopic (exact) mass is 316 g/mol. The molecule has 0 aliphatic heterocycles. The van der Waals surface area contributed by atoms with E-state index in [0.717, 1.165) is 9.56 Å². The van der Waals surface area contributed by atoms with Crippen LogP contribution < -0.4 is 10.9 Å². The fourth-order valence-electron chi connectivity index (χ4n) is 1.81. The first kappa shape index (κ1) is 14.2.